The van der Waals surface area contributed by atoms with E-state index in [2.05, 4.69) is 0 Å². The van der Waals surface area contributed by atoms with Gasteiger partial charge in [-0.25, -0.2) is 4.79 Å². The number of ether oxygens (including phenoxy) is 1. The Bertz CT molecular complexity index is 1420. The minimum absolute atomic E-state index is 0.153. The molecule has 0 spiro atoms. The van der Waals surface area contributed by atoms with Crippen molar-refractivity contribution < 1.29 is 24.2 Å². The number of aliphatic carboxylic acids is 1. The maximum Gasteiger partial charge on any atom is 0.344 e. The summed E-state index contributed by atoms with van der Waals surface area (Å²) in [6.45, 7) is 3.31. The van der Waals surface area contributed by atoms with Crippen LogP contribution in [0, 0.1) is 0 Å². The number of nitrogens with zero attached hydrogens (tertiary/aromatic N) is 1. The highest BCUT2D eigenvalue weighted by Gasteiger charge is 2.29. The number of rotatable bonds is 9. The molecule has 3 N–H and O–H groups in total. The second-order valence-electron chi connectivity index (χ2n) is 8.24. The zero-order valence-corrected chi connectivity index (χ0v) is 19.5. The first-order chi connectivity index (χ1) is 16.8. The van der Waals surface area contributed by atoms with Crippen LogP contribution in [0.4, 0.5) is 0 Å². The summed E-state index contributed by atoms with van der Waals surface area (Å²) in [5.41, 5.74) is 10.5. The van der Waals surface area contributed by atoms with Crippen LogP contribution in [0.25, 0.3) is 16.6 Å². The zero-order valence-electron chi connectivity index (χ0n) is 19.5. The van der Waals surface area contributed by atoms with Crippen LogP contribution in [-0.2, 0) is 22.4 Å². The molecule has 1 atom stereocenters. The van der Waals surface area contributed by atoms with Gasteiger partial charge in [0.05, 0.1) is 11.1 Å². The molecule has 4 aromatic rings. The van der Waals surface area contributed by atoms with Crippen molar-refractivity contribution in [3.63, 3.8) is 0 Å². The first kappa shape index (κ1) is 23.8. The average Bonchev–Trinajstić information content (AvgIpc) is 3.18. The molecule has 0 aliphatic rings. The Labute approximate surface area is 202 Å². The van der Waals surface area contributed by atoms with Gasteiger partial charge < -0.3 is 20.0 Å². The maximum absolute atomic E-state index is 13.0. The van der Waals surface area contributed by atoms with Crippen LogP contribution < -0.4 is 10.5 Å². The normalized spacial score (nSPS) is 11.8. The summed E-state index contributed by atoms with van der Waals surface area (Å²) in [5, 5.41) is 9.35. The van der Waals surface area contributed by atoms with Crippen LogP contribution in [0.5, 0.6) is 5.75 Å². The summed E-state index contributed by atoms with van der Waals surface area (Å²) < 4.78 is 7.50. The number of hydrogen-bond donors (Lipinski definition) is 2. The summed E-state index contributed by atoms with van der Waals surface area (Å²) in [5.74, 6) is -2.86. The molecule has 0 fully saturated rings. The van der Waals surface area contributed by atoms with E-state index in [1.807, 2.05) is 61.5 Å². The summed E-state index contributed by atoms with van der Waals surface area (Å²) in [4.78, 5) is 36.4. The number of carboxylic acid groups (broad SMARTS) is 1. The number of benzene rings is 2. The van der Waals surface area contributed by atoms with Crippen LogP contribution in [0.3, 0.4) is 0 Å². The van der Waals surface area contributed by atoms with E-state index in [9.17, 15) is 19.5 Å². The highest BCUT2D eigenvalue weighted by molar-refractivity contribution is 6.44. The van der Waals surface area contributed by atoms with E-state index < -0.39 is 23.8 Å². The van der Waals surface area contributed by atoms with Gasteiger partial charge in [0.15, 0.2) is 6.10 Å². The predicted molar refractivity (Wildman–Crippen MR) is 133 cm³/mol. The molecular formula is C28H26N2O5. The number of ketones is 1. The van der Waals surface area contributed by atoms with E-state index in [0.29, 0.717) is 23.9 Å². The van der Waals surface area contributed by atoms with Crippen LogP contribution in [-0.4, -0.2) is 33.3 Å². The second-order valence-corrected chi connectivity index (χ2v) is 8.24. The molecule has 7 nitrogen and oxygen atoms in total. The zero-order chi connectivity index (χ0) is 25.1. The van der Waals surface area contributed by atoms with E-state index in [1.165, 1.54) is 6.92 Å². The Hall–Kier alpha value is -4.39. The molecule has 2 aromatic carbocycles. The van der Waals surface area contributed by atoms with Crippen molar-refractivity contribution >= 4 is 23.2 Å². The minimum atomic E-state index is -1.15. The smallest absolute Gasteiger partial charge is 0.344 e. The Morgan fingerprint density at radius 3 is 2.34 bits per heavy atom. The van der Waals surface area contributed by atoms with Gasteiger partial charge in [0.25, 0.3) is 11.7 Å². The lowest BCUT2D eigenvalue weighted by atomic mass is 9.94. The van der Waals surface area contributed by atoms with Gasteiger partial charge in [-0.05, 0) is 47.7 Å². The van der Waals surface area contributed by atoms with Crippen LogP contribution in [0.1, 0.15) is 41.0 Å². The molecule has 0 saturated carbocycles. The molecule has 0 aliphatic heterocycles. The van der Waals surface area contributed by atoms with Gasteiger partial charge in [-0.3, -0.25) is 9.59 Å². The summed E-state index contributed by atoms with van der Waals surface area (Å²) in [6, 6.07) is 21.3. The van der Waals surface area contributed by atoms with Crippen molar-refractivity contribution in [2.24, 2.45) is 5.73 Å². The fourth-order valence-electron chi connectivity index (χ4n) is 4.42. The van der Waals surface area contributed by atoms with Gasteiger partial charge in [-0.1, -0.05) is 61.5 Å². The molecule has 0 bridgehead atoms. The number of Topliss-reactive ketones (excluding diaryl/α,β-unsaturated/α-hetero) is 1. The van der Waals surface area contributed by atoms with Gasteiger partial charge >= 0.3 is 5.97 Å². The van der Waals surface area contributed by atoms with Gasteiger partial charge in [-0.15, -0.1) is 0 Å². The minimum Gasteiger partial charge on any atom is -0.479 e. The van der Waals surface area contributed by atoms with Crippen molar-refractivity contribution in [3.8, 4) is 16.9 Å². The molecular weight excluding hydrogens is 444 g/mol. The number of primary amides is 1. The van der Waals surface area contributed by atoms with E-state index in [4.69, 9.17) is 10.5 Å². The Morgan fingerprint density at radius 2 is 1.69 bits per heavy atom. The summed E-state index contributed by atoms with van der Waals surface area (Å²) >= 11 is 0. The molecule has 0 saturated heterocycles. The second kappa shape index (κ2) is 9.85. The van der Waals surface area contributed by atoms with Crippen molar-refractivity contribution in [1.29, 1.82) is 0 Å². The number of pyridine rings is 1. The molecule has 1 amide bonds. The molecule has 4 rings (SSSR count). The van der Waals surface area contributed by atoms with Gasteiger partial charge in [0.1, 0.15) is 5.75 Å². The van der Waals surface area contributed by atoms with Crippen LogP contribution in [0.15, 0.2) is 72.9 Å². The van der Waals surface area contributed by atoms with Crippen LogP contribution in [0.2, 0.25) is 0 Å². The van der Waals surface area contributed by atoms with E-state index in [0.717, 1.165) is 22.4 Å². The lowest BCUT2D eigenvalue weighted by Crippen LogP contribution is -2.25. The van der Waals surface area contributed by atoms with E-state index in [-0.39, 0.29) is 11.3 Å². The monoisotopic (exact) mass is 470 g/mol. The van der Waals surface area contributed by atoms with Crippen molar-refractivity contribution in [2.45, 2.75) is 32.8 Å². The number of amides is 1. The molecule has 0 radical (unpaired) electrons. The lowest BCUT2D eigenvalue weighted by molar-refractivity contribution is -0.144. The molecule has 178 valence electrons. The lowest BCUT2D eigenvalue weighted by Gasteiger charge is -2.14. The Balaban J connectivity index is 1.96. The number of hydrogen-bond acceptors (Lipinski definition) is 4. The molecule has 35 heavy (non-hydrogen) atoms. The van der Waals surface area contributed by atoms with Gasteiger partial charge in [0.2, 0.25) is 0 Å². The molecule has 2 aromatic heterocycles. The predicted octanol–water partition coefficient (Wildman–Crippen LogP) is 4.28. The Kier molecular flexibility index (Phi) is 6.68. The first-order valence-corrected chi connectivity index (χ1v) is 11.3. The quantitative estimate of drug-likeness (QED) is 0.280. The third-order valence-corrected chi connectivity index (χ3v) is 6.05. The van der Waals surface area contributed by atoms with Crippen molar-refractivity contribution in [3.05, 3.63) is 95.3 Å². The molecule has 0 aliphatic carbocycles. The standard InChI is InChI=1S/C28H26N2O5/c1-3-20-22(16-19-12-7-8-13-21(19)18-10-5-4-6-11-18)30-15-9-14-23(35-17(2)28(33)34)25(30)24(20)26(31)27(29)32/h4-15,17H,3,16H2,1-2H3,(H2,29,32)(H,33,34). The highest BCUT2D eigenvalue weighted by atomic mass is 16.5. The molecule has 1 unspecified atom stereocenters. The number of fused-ring (bicyclic) bond motifs is 1. The summed E-state index contributed by atoms with van der Waals surface area (Å²) in [7, 11) is 0. The highest BCUT2D eigenvalue weighted by Crippen LogP contribution is 2.35. The number of nitrogens with two attached hydrogens (primary N) is 1. The third-order valence-electron chi connectivity index (χ3n) is 6.05. The average molecular weight is 471 g/mol. The van der Waals surface area contributed by atoms with Gasteiger partial charge in [-0.2, -0.15) is 0 Å². The van der Waals surface area contributed by atoms with Crippen molar-refractivity contribution in [1.82, 2.24) is 4.40 Å². The molecule has 7 heteroatoms. The van der Waals surface area contributed by atoms with Crippen molar-refractivity contribution in [2.75, 3.05) is 0 Å². The topological polar surface area (TPSA) is 111 Å². The maximum atomic E-state index is 13.0. The largest absolute Gasteiger partial charge is 0.479 e. The first-order valence-electron chi connectivity index (χ1n) is 11.3. The Morgan fingerprint density at radius 1 is 1.00 bits per heavy atom. The van der Waals surface area contributed by atoms with E-state index in [1.54, 1.807) is 22.7 Å². The van der Waals surface area contributed by atoms with Gasteiger partial charge in [0, 0.05) is 18.3 Å². The number of carboxylic acids is 1. The number of carbonyl (C=O) groups is 3. The SMILES string of the molecule is CCc1c(C(=O)C(N)=O)c2c(OC(C)C(=O)O)cccn2c1Cc1ccccc1-c1ccccc1. The summed E-state index contributed by atoms with van der Waals surface area (Å²) in [6.07, 6.45) is 1.57. The number of aromatic nitrogens is 1. The number of carbonyl (C=O) groups excluding carboxylic acids is 2. The van der Waals surface area contributed by atoms with Crippen LogP contribution >= 0.6 is 0 Å². The fraction of sp³-hybridized carbons (Fsp3) is 0.179. The van der Waals surface area contributed by atoms with E-state index >= 15 is 0 Å². The fourth-order valence-corrected chi connectivity index (χ4v) is 4.42. The molecule has 2 heterocycles. The third kappa shape index (κ3) is 4.53.